The Morgan fingerprint density at radius 3 is 2.68 bits per heavy atom. The van der Waals surface area contributed by atoms with Crippen molar-refractivity contribution in [3.8, 4) is 5.75 Å². The van der Waals surface area contributed by atoms with Crippen LogP contribution < -0.4 is 10.1 Å². The topological polar surface area (TPSA) is 41.5 Å². The van der Waals surface area contributed by atoms with Gasteiger partial charge in [-0.3, -0.25) is 0 Å². The summed E-state index contributed by atoms with van der Waals surface area (Å²) < 4.78 is 7.39. The molecule has 1 heterocycles. The molecule has 0 saturated heterocycles. The van der Waals surface area contributed by atoms with Gasteiger partial charge in [0.15, 0.2) is 6.10 Å². The number of fused-ring (bicyclic) bond motifs is 1. The van der Waals surface area contributed by atoms with Crippen LogP contribution in [-0.4, -0.2) is 24.8 Å². The smallest absolute Gasteiger partial charge is 0.151 e. The van der Waals surface area contributed by atoms with Crippen molar-refractivity contribution >= 4 is 21.4 Å². The molecule has 0 amide bonds. The van der Waals surface area contributed by atoms with Gasteiger partial charge in [0, 0.05) is 16.6 Å². The van der Waals surface area contributed by atoms with Crippen LogP contribution >= 0.6 is 11.3 Å². The molecule has 0 aliphatic carbocycles. The summed E-state index contributed by atoms with van der Waals surface area (Å²) in [6.45, 7) is 0.471. The van der Waals surface area contributed by atoms with E-state index in [1.165, 1.54) is 4.70 Å². The fourth-order valence-corrected chi connectivity index (χ4v) is 3.34. The number of aliphatic hydroxyl groups is 1. The van der Waals surface area contributed by atoms with E-state index in [9.17, 15) is 5.11 Å². The molecule has 22 heavy (non-hydrogen) atoms. The van der Waals surface area contributed by atoms with E-state index in [0.717, 1.165) is 16.7 Å². The largest absolute Gasteiger partial charge is 0.482 e. The molecule has 0 aliphatic rings. The third-order valence-corrected chi connectivity index (χ3v) is 4.48. The van der Waals surface area contributed by atoms with Crippen molar-refractivity contribution in [1.82, 2.24) is 5.32 Å². The van der Waals surface area contributed by atoms with E-state index in [-0.39, 0.29) is 0 Å². The first-order chi connectivity index (χ1) is 10.8. The maximum Gasteiger partial charge on any atom is 0.151 e. The zero-order valence-electron chi connectivity index (χ0n) is 12.4. The molecule has 2 N–H and O–H groups in total. The third kappa shape index (κ3) is 3.14. The lowest BCUT2D eigenvalue weighted by atomic mass is 10.0. The average molecular weight is 313 g/mol. The van der Waals surface area contributed by atoms with Gasteiger partial charge in [0.05, 0.1) is 0 Å². The summed E-state index contributed by atoms with van der Waals surface area (Å²) in [6, 6.07) is 17.9. The minimum absolute atomic E-state index is 0.404. The van der Waals surface area contributed by atoms with Gasteiger partial charge in [-0.2, -0.15) is 0 Å². The molecule has 0 bridgehead atoms. The van der Waals surface area contributed by atoms with Gasteiger partial charge in [-0.25, -0.2) is 0 Å². The standard InChI is InChI=1S/C18H19NO2S/c1-19-12-15(20)18(13-6-3-2-4-7-13)21-16-8-5-9-17-14(16)10-11-22-17/h2-11,15,18-20H,12H2,1H3/t15-,18-/m0/s1. The Labute approximate surface area is 134 Å². The summed E-state index contributed by atoms with van der Waals surface area (Å²) >= 11 is 1.69. The zero-order valence-corrected chi connectivity index (χ0v) is 13.2. The number of aliphatic hydroxyl groups excluding tert-OH is 1. The second-order valence-corrected chi connectivity index (χ2v) is 6.11. The number of ether oxygens (including phenoxy) is 1. The van der Waals surface area contributed by atoms with E-state index in [4.69, 9.17) is 4.74 Å². The van der Waals surface area contributed by atoms with Crippen LogP contribution in [0.1, 0.15) is 11.7 Å². The fraction of sp³-hybridized carbons (Fsp3) is 0.222. The van der Waals surface area contributed by atoms with Crippen molar-refractivity contribution in [2.45, 2.75) is 12.2 Å². The summed E-state index contributed by atoms with van der Waals surface area (Å²) in [5.41, 5.74) is 0.970. The van der Waals surface area contributed by atoms with E-state index in [1.807, 2.05) is 49.5 Å². The monoisotopic (exact) mass is 313 g/mol. The molecule has 3 nitrogen and oxygen atoms in total. The number of likely N-dealkylation sites (N-methyl/N-ethyl adjacent to an activating group) is 1. The van der Waals surface area contributed by atoms with Crippen molar-refractivity contribution in [3.05, 3.63) is 65.5 Å². The summed E-state index contributed by atoms with van der Waals surface area (Å²) in [5, 5.41) is 16.6. The van der Waals surface area contributed by atoms with Crippen LogP contribution in [0.25, 0.3) is 10.1 Å². The van der Waals surface area contributed by atoms with Crippen LogP contribution in [0.3, 0.4) is 0 Å². The summed E-state index contributed by atoms with van der Waals surface area (Å²) in [4.78, 5) is 0. The Morgan fingerprint density at radius 2 is 1.91 bits per heavy atom. The van der Waals surface area contributed by atoms with Gasteiger partial charge < -0.3 is 15.2 Å². The quantitative estimate of drug-likeness (QED) is 0.730. The molecule has 0 unspecified atom stereocenters. The van der Waals surface area contributed by atoms with Crippen molar-refractivity contribution in [2.75, 3.05) is 13.6 Å². The van der Waals surface area contributed by atoms with E-state index in [0.29, 0.717) is 6.54 Å². The fourth-order valence-electron chi connectivity index (χ4n) is 2.53. The van der Waals surface area contributed by atoms with Crippen molar-refractivity contribution < 1.29 is 9.84 Å². The Hall–Kier alpha value is -1.88. The Kier molecular flexibility index (Phi) is 4.73. The SMILES string of the molecule is CNC[C@H](O)[C@@H](Oc1cccc2sccc12)c1ccccc1. The van der Waals surface area contributed by atoms with E-state index in [2.05, 4.69) is 22.8 Å². The molecule has 0 fully saturated rings. The molecule has 3 rings (SSSR count). The van der Waals surface area contributed by atoms with E-state index in [1.54, 1.807) is 11.3 Å². The van der Waals surface area contributed by atoms with Gasteiger partial charge >= 0.3 is 0 Å². The molecule has 0 spiro atoms. The molecule has 2 atom stereocenters. The van der Waals surface area contributed by atoms with Crippen LogP contribution in [0.2, 0.25) is 0 Å². The molecule has 0 aliphatic heterocycles. The van der Waals surface area contributed by atoms with Crippen LogP contribution in [0, 0.1) is 0 Å². The first-order valence-corrected chi connectivity index (χ1v) is 8.18. The molecule has 2 aromatic carbocycles. The minimum atomic E-state index is -0.624. The average Bonchev–Trinajstić information content (AvgIpc) is 3.03. The molecular weight excluding hydrogens is 294 g/mol. The normalized spacial score (nSPS) is 13.9. The molecule has 3 aromatic rings. The second kappa shape index (κ2) is 6.92. The Morgan fingerprint density at radius 1 is 1.09 bits per heavy atom. The number of rotatable bonds is 6. The maximum atomic E-state index is 10.5. The van der Waals surface area contributed by atoms with Gasteiger partial charge in [-0.05, 0) is 36.2 Å². The highest BCUT2D eigenvalue weighted by Gasteiger charge is 2.23. The predicted molar refractivity (Wildman–Crippen MR) is 91.6 cm³/mol. The van der Waals surface area contributed by atoms with Crippen LogP contribution in [0.15, 0.2) is 60.0 Å². The van der Waals surface area contributed by atoms with Gasteiger partial charge in [0.1, 0.15) is 11.9 Å². The lowest BCUT2D eigenvalue weighted by Gasteiger charge is -2.25. The molecule has 4 heteroatoms. The first-order valence-electron chi connectivity index (χ1n) is 7.30. The number of benzene rings is 2. The summed E-state index contributed by atoms with van der Waals surface area (Å²) in [7, 11) is 1.82. The Balaban J connectivity index is 1.94. The van der Waals surface area contributed by atoms with Gasteiger partial charge in [0.2, 0.25) is 0 Å². The number of hydrogen-bond donors (Lipinski definition) is 2. The lowest BCUT2D eigenvalue weighted by molar-refractivity contribution is 0.0379. The van der Waals surface area contributed by atoms with Crippen molar-refractivity contribution in [3.63, 3.8) is 0 Å². The van der Waals surface area contributed by atoms with Crippen LogP contribution in [0.5, 0.6) is 5.75 Å². The lowest BCUT2D eigenvalue weighted by Crippen LogP contribution is -2.32. The summed E-state index contributed by atoms with van der Waals surface area (Å²) in [6.07, 6.45) is -1.03. The van der Waals surface area contributed by atoms with Crippen LogP contribution in [0.4, 0.5) is 0 Å². The molecule has 0 saturated carbocycles. The third-order valence-electron chi connectivity index (χ3n) is 3.60. The molecular formula is C18H19NO2S. The Bertz CT molecular complexity index is 726. The highest BCUT2D eigenvalue weighted by atomic mass is 32.1. The molecule has 114 valence electrons. The van der Waals surface area contributed by atoms with Gasteiger partial charge in [0.25, 0.3) is 0 Å². The number of nitrogens with one attached hydrogen (secondary N) is 1. The second-order valence-electron chi connectivity index (χ2n) is 5.16. The number of thiophene rings is 1. The summed E-state index contributed by atoms with van der Waals surface area (Å²) in [5.74, 6) is 0.808. The molecule has 1 aromatic heterocycles. The number of hydrogen-bond acceptors (Lipinski definition) is 4. The molecule has 0 radical (unpaired) electrons. The first kappa shape index (κ1) is 15.0. The maximum absolute atomic E-state index is 10.5. The minimum Gasteiger partial charge on any atom is -0.482 e. The van der Waals surface area contributed by atoms with Gasteiger partial charge in [-0.15, -0.1) is 11.3 Å². The van der Waals surface area contributed by atoms with Crippen LogP contribution in [-0.2, 0) is 0 Å². The zero-order chi connectivity index (χ0) is 15.4. The van der Waals surface area contributed by atoms with Crippen molar-refractivity contribution in [1.29, 1.82) is 0 Å². The highest BCUT2D eigenvalue weighted by molar-refractivity contribution is 7.17. The predicted octanol–water partition coefficient (Wildman–Crippen LogP) is 3.60. The highest BCUT2D eigenvalue weighted by Crippen LogP contribution is 2.33. The van der Waals surface area contributed by atoms with E-state index >= 15 is 0 Å². The van der Waals surface area contributed by atoms with Gasteiger partial charge in [-0.1, -0.05) is 36.4 Å². The van der Waals surface area contributed by atoms with Crippen molar-refractivity contribution in [2.24, 2.45) is 0 Å². The van der Waals surface area contributed by atoms with E-state index < -0.39 is 12.2 Å².